The fourth-order valence-electron chi connectivity index (χ4n) is 3.56. The van der Waals surface area contributed by atoms with E-state index in [0.717, 1.165) is 31.2 Å². The molecule has 142 valence electrons. The summed E-state index contributed by atoms with van der Waals surface area (Å²) < 4.78 is 5.29. The van der Waals surface area contributed by atoms with Crippen molar-refractivity contribution in [2.75, 3.05) is 13.7 Å². The van der Waals surface area contributed by atoms with E-state index in [1.807, 2.05) is 24.3 Å². The van der Waals surface area contributed by atoms with Gasteiger partial charge in [0.1, 0.15) is 5.75 Å². The van der Waals surface area contributed by atoms with Crippen molar-refractivity contribution in [3.8, 4) is 5.75 Å². The Balaban J connectivity index is 2.41. The Morgan fingerprint density at radius 1 is 1.35 bits per heavy atom. The van der Waals surface area contributed by atoms with Gasteiger partial charge in [0.25, 0.3) is 5.91 Å². The number of methoxy groups -OCH3 is 1. The third-order valence-electron chi connectivity index (χ3n) is 5.09. The van der Waals surface area contributed by atoms with E-state index in [9.17, 15) is 14.7 Å². The van der Waals surface area contributed by atoms with E-state index in [4.69, 9.17) is 4.74 Å². The first-order chi connectivity index (χ1) is 12.4. The van der Waals surface area contributed by atoms with E-state index in [2.05, 4.69) is 13.8 Å². The van der Waals surface area contributed by atoms with Gasteiger partial charge in [0, 0.05) is 6.54 Å². The highest BCUT2D eigenvalue weighted by Crippen LogP contribution is 2.39. The van der Waals surface area contributed by atoms with Crippen molar-refractivity contribution in [3.05, 3.63) is 41.2 Å². The summed E-state index contributed by atoms with van der Waals surface area (Å²) in [7, 11) is 1.58. The maximum Gasteiger partial charge on any atom is 0.290 e. The number of benzene rings is 1. The van der Waals surface area contributed by atoms with E-state index in [-0.39, 0.29) is 11.4 Å². The molecule has 1 amide bonds. The predicted molar refractivity (Wildman–Crippen MR) is 101 cm³/mol. The molecule has 1 aliphatic rings. The van der Waals surface area contributed by atoms with Gasteiger partial charge in [0.15, 0.2) is 11.5 Å². The van der Waals surface area contributed by atoms with E-state index in [1.165, 1.54) is 6.92 Å². The summed E-state index contributed by atoms with van der Waals surface area (Å²) in [6.07, 6.45) is 4.18. The van der Waals surface area contributed by atoms with Gasteiger partial charge in [-0.25, -0.2) is 0 Å². The molecule has 26 heavy (non-hydrogen) atoms. The van der Waals surface area contributed by atoms with E-state index in [0.29, 0.717) is 18.2 Å². The van der Waals surface area contributed by atoms with Crippen molar-refractivity contribution in [1.82, 2.24) is 4.90 Å². The molecule has 5 nitrogen and oxygen atoms in total. The van der Waals surface area contributed by atoms with Crippen LogP contribution in [0.2, 0.25) is 0 Å². The van der Waals surface area contributed by atoms with E-state index < -0.39 is 17.7 Å². The highest BCUT2D eigenvalue weighted by Gasteiger charge is 2.42. The number of aliphatic hydroxyl groups is 1. The smallest absolute Gasteiger partial charge is 0.290 e. The standard InChI is InChI=1S/C21H29NO4/c1-5-7-9-15(6-2)13-22-19(16-10-8-11-17(12-16)26-4)18(14(3)23)20(24)21(22)25/h8,10-12,15,19,24H,5-7,9,13H2,1-4H3/t15-,19+/m0/s1. The largest absolute Gasteiger partial charge is 0.503 e. The lowest BCUT2D eigenvalue weighted by Gasteiger charge is -2.30. The molecule has 1 aliphatic heterocycles. The van der Waals surface area contributed by atoms with Gasteiger partial charge in [-0.1, -0.05) is 45.2 Å². The van der Waals surface area contributed by atoms with Gasteiger partial charge in [-0.15, -0.1) is 0 Å². The number of aliphatic hydroxyl groups excluding tert-OH is 1. The number of rotatable bonds is 9. The number of carbonyl (C=O) groups excluding carboxylic acids is 2. The minimum atomic E-state index is -0.564. The molecule has 0 saturated carbocycles. The number of ether oxygens (including phenoxy) is 1. The number of ketones is 1. The van der Waals surface area contributed by atoms with Crippen LogP contribution in [0.3, 0.4) is 0 Å². The van der Waals surface area contributed by atoms with E-state index >= 15 is 0 Å². The van der Waals surface area contributed by atoms with Gasteiger partial charge in [-0.2, -0.15) is 0 Å². The van der Waals surface area contributed by atoms with Crippen molar-refractivity contribution in [3.63, 3.8) is 0 Å². The van der Waals surface area contributed by atoms with Crippen molar-refractivity contribution in [2.45, 2.75) is 52.5 Å². The molecular weight excluding hydrogens is 330 g/mol. The van der Waals surface area contributed by atoms with Crippen molar-refractivity contribution >= 4 is 11.7 Å². The zero-order chi connectivity index (χ0) is 19.3. The third-order valence-corrected chi connectivity index (χ3v) is 5.09. The molecule has 0 fully saturated rings. The molecule has 1 aromatic rings. The fourth-order valence-corrected chi connectivity index (χ4v) is 3.56. The fraction of sp³-hybridized carbons (Fsp3) is 0.524. The van der Waals surface area contributed by atoms with Crippen LogP contribution in [0.15, 0.2) is 35.6 Å². The lowest BCUT2D eigenvalue weighted by molar-refractivity contribution is -0.130. The quantitative estimate of drug-likeness (QED) is 0.718. The first kappa shape index (κ1) is 20.0. The highest BCUT2D eigenvalue weighted by atomic mass is 16.5. The van der Waals surface area contributed by atoms with Crippen LogP contribution in [0.4, 0.5) is 0 Å². The summed E-state index contributed by atoms with van der Waals surface area (Å²) in [5.74, 6) is -0.172. The molecule has 0 radical (unpaired) electrons. The summed E-state index contributed by atoms with van der Waals surface area (Å²) in [5.41, 5.74) is 0.950. The van der Waals surface area contributed by atoms with Gasteiger partial charge < -0.3 is 14.7 Å². The van der Waals surface area contributed by atoms with Gasteiger partial charge in [-0.05, 0) is 37.0 Å². The van der Waals surface area contributed by atoms with Crippen LogP contribution in [-0.2, 0) is 9.59 Å². The SMILES string of the molecule is CCCC[C@H](CC)CN1C(=O)C(O)=C(C(C)=O)[C@H]1c1cccc(OC)c1. The topological polar surface area (TPSA) is 66.8 Å². The number of amides is 1. The molecule has 0 spiro atoms. The van der Waals surface area contributed by atoms with Crippen molar-refractivity contribution in [1.29, 1.82) is 0 Å². The Hall–Kier alpha value is -2.30. The summed E-state index contributed by atoms with van der Waals surface area (Å²) in [4.78, 5) is 26.5. The van der Waals surface area contributed by atoms with Gasteiger partial charge in [0.2, 0.25) is 0 Å². The number of carbonyl (C=O) groups is 2. The van der Waals surface area contributed by atoms with Crippen LogP contribution in [-0.4, -0.2) is 35.4 Å². The molecule has 0 aromatic heterocycles. The summed E-state index contributed by atoms with van der Waals surface area (Å²) in [6, 6.07) is 6.77. The van der Waals surface area contributed by atoms with Gasteiger partial charge >= 0.3 is 0 Å². The molecule has 5 heteroatoms. The Morgan fingerprint density at radius 3 is 2.65 bits per heavy atom. The van der Waals surface area contributed by atoms with E-state index in [1.54, 1.807) is 12.0 Å². The molecule has 0 aliphatic carbocycles. The summed E-state index contributed by atoms with van der Waals surface area (Å²) in [6.45, 7) is 6.18. The van der Waals surface area contributed by atoms with Crippen LogP contribution in [0.5, 0.6) is 5.75 Å². The number of nitrogens with zero attached hydrogens (tertiary/aromatic N) is 1. The second kappa shape index (κ2) is 8.88. The van der Waals surface area contributed by atoms with Crippen molar-refractivity contribution < 1.29 is 19.4 Å². The maximum absolute atomic E-state index is 12.7. The van der Waals surface area contributed by atoms with Gasteiger partial charge in [0.05, 0.1) is 18.7 Å². The van der Waals surface area contributed by atoms with Crippen LogP contribution >= 0.6 is 0 Å². The first-order valence-corrected chi connectivity index (χ1v) is 9.33. The number of Topliss-reactive ketones (excluding diaryl/α,β-unsaturated/α-hetero) is 1. The van der Waals surface area contributed by atoms with Crippen LogP contribution in [0.25, 0.3) is 0 Å². The molecule has 1 aromatic carbocycles. The Morgan fingerprint density at radius 2 is 2.08 bits per heavy atom. The minimum absolute atomic E-state index is 0.175. The lowest BCUT2D eigenvalue weighted by Crippen LogP contribution is -2.35. The Bertz CT molecular complexity index is 695. The zero-order valence-electron chi connectivity index (χ0n) is 16.1. The van der Waals surface area contributed by atoms with Crippen LogP contribution in [0.1, 0.15) is 58.1 Å². The molecule has 1 N–H and O–H groups in total. The molecular formula is C21H29NO4. The van der Waals surface area contributed by atoms with Crippen molar-refractivity contribution in [2.24, 2.45) is 5.92 Å². The van der Waals surface area contributed by atoms with Gasteiger partial charge in [-0.3, -0.25) is 9.59 Å². The zero-order valence-corrected chi connectivity index (χ0v) is 16.1. The maximum atomic E-state index is 12.7. The Kier molecular flexibility index (Phi) is 6.83. The summed E-state index contributed by atoms with van der Waals surface area (Å²) >= 11 is 0. The van der Waals surface area contributed by atoms with Crippen LogP contribution < -0.4 is 4.74 Å². The third kappa shape index (κ3) is 4.09. The molecule has 2 rings (SSSR count). The number of unbranched alkanes of at least 4 members (excludes halogenated alkanes) is 1. The Labute approximate surface area is 155 Å². The molecule has 0 unspecified atom stereocenters. The lowest BCUT2D eigenvalue weighted by atomic mass is 9.94. The first-order valence-electron chi connectivity index (χ1n) is 9.33. The summed E-state index contributed by atoms with van der Waals surface area (Å²) in [5, 5.41) is 10.4. The second-order valence-electron chi connectivity index (χ2n) is 6.87. The average Bonchev–Trinajstić information content (AvgIpc) is 2.89. The monoisotopic (exact) mass is 359 g/mol. The second-order valence-corrected chi connectivity index (χ2v) is 6.87. The molecule has 0 bridgehead atoms. The molecule has 2 atom stereocenters. The minimum Gasteiger partial charge on any atom is -0.503 e. The van der Waals surface area contributed by atoms with Crippen LogP contribution in [0, 0.1) is 5.92 Å². The highest BCUT2D eigenvalue weighted by molar-refractivity contribution is 6.08. The molecule has 1 heterocycles. The average molecular weight is 359 g/mol. The normalized spacial score (nSPS) is 18.4. The molecule has 0 saturated heterocycles. The number of hydrogen-bond acceptors (Lipinski definition) is 4. The predicted octanol–water partition coefficient (Wildman–Crippen LogP) is 4.20. The number of hydrogen-bond donors (Lipinski definition) is 1.